The van der Waals surface area contributed by atoms with Crippen molar-refractivity contribution in [3.63, 3.8) is 0 Å². The summed E-state index contributed by atoms with van der Waals surface area (Å²) in [5.41, 5.74) is 0.194. The molecule has 1 aliphatic carbocycles. The maximum absolute atomic E-state index is 4.26. The molecule has 1 fully saturated rings. The van der Waals surface area contributed by atoms with Gasteiger partial charge in [-0.3, -0.25) is 0 Å². The predicted molar refractivity (Wildman–Crippen MR) is 53.6 cm³/mol. The van der Waals surface area contributed by atoms with Crippen LogP contribution < -0.4 is 5.32 Å². The minimum atomic E-state index is 0.194. The minimum Gasteiger partial charge on any atom is -0.351 e. The average Bonchev–Trinajstić information content (AvgIpc) is 2.80. The maximum Gasteiger partial charge on any atom is 0.202 e. The highest BCUT2D eigenvalue weighted by Gasteiger charge is 2.38. The fraction of sp³-hybridized carbons (Fsp3) is 0.700. The first-order valence-corrected chi connectivity index (χ1v) is 4.85. The number of rotatable bonds is 3. The van der Waals surface area contributed by atoms with Gasteiger partial charge >= 0.3 is 0 Å². The van der Waals surface area contributed by atoms with Crippen molar-refractivity contribution in [2.75, 3.05) is 5.32 Å². The summed E-state index contributed by atoms with van der Waals surface area (Å²) in [6, 6.07) is 0. The van der Waals surface area contributed by atoms with E-state index in [-0.39, 0.29) is 5.54 Å². The molecule has 1 aromatic rings. The monoisotopic (exact) mass is 179 g/mol. The molecule has 3 nitrogen and oxygen atoms in total. The Kier molecular flexibility index (Phi) is 1.82. The highest BCUT2D eigenvalue weighted by Crippen LogP contribution is 2.40. The van der Waals surface area contributed by atoms with Crippen LogP contribution in [0, 0.1) is 5.92 Å². The van der Waals surface area contributed by atoms with Gasteiger partial charge in [-0.1, -0.05) is 0 Å². The van der Waals surface area contributed by atoms with E-state index < -0.39 is 0 Å². The molecule has 3 heteroatoms. The molecule has 1 aliphatic rings. The number of hydrogen-bond acceptors (Lipinski definition) is 2. The predicted octanol–water partition coefficient (Wildman–Crippen LogP) is 2.02. The summed E-state index contributed by atoms with van der Waals surface area (Å²) in [7, 11) is 2.01. The van der Waals surface area contributed by atoms with Gasteiger partial charge in [0.15, 0.2) is 0 Å². The summed E-state index contributed by atoms with van der Waals surface area (Å²) >= 11 is 0. The van der Waals surface area contributed by atoms with E-state index in [1.54, 1.807) is 0 Å². The third-order valence-corrected chi connectivity index (χ3v) is 2.85. The first-order valence-electron chi connectivity index (χ1n) is 4.85. The van der Waals surface area contributed by atoms with E-state index in [0.29, 0.717) is 0 Å². The summed E-state index contributed by atoms with van der Waals surface area (Å²) in [5.74, 6) is 1.79. The third kappa shape index (κ3) is 1.69. The smallest absolute Gasteiger partial charge is 0.202 e. The normalized spacial score (nSPS) is 17.5. The Morgan fingerprint density at radius 2 is 2.23 bits per heavy atom. The van der Waals surface area contributed by atoms with Crippen LogP contribution in [0.15, 0.2) is 12.4 Å². The van der Waals surface area contributed by atoms with Crippen LogP contribution in [0.1, 0.15) is 26.7 Å². The zero-order chi connectivity index (χ0) is 9.47. The van der Waals surface area contributed by atoms with Crippen LogP contribution in [0.2, 0.25) is 0 Å². The van der Waals surface area contributed by atoms with Crippen molar-refractivity contribution in [3.8, 4) is 0 Å². The first kappa shape index (κ1) is 8.60. The molecule has 2 rings (SSSR count). The van der Waals surface area contributed by atoms with Crippen LogP contribution in [-0.2, 0) is 7.05 Å². The minimum absolute atomic E-state index is 0.194. The molecule has 0 unspecified atom stereocenters. The Bertz CT molecular complexity index is 297. The highest BCUT2D eigenvalue weighted by molar-refractivity contribution is 5.30. The molecule has 1 heterocycles. The number of imidazole rings is 1. The van der Waals surface area contributed by atoms with Crippen LogP contribution in [0.4, 0.5) is 5.95 Å². The summed E-state index contributed by atoms with van der Waals surface area (Å²) < 4.78 is 2.02. The van der Waals surface area contributed by atoms with E-state index >= 15 is 0 Å². The van der Waals surface area contributed by atoms with Gasteiger partial charge in [-0.25, -0.2) is 4.98 Å². The van der Waals surface area contributed by atoms with Gasteiger partial charge in [-0.15, -0.1) is 0 Å². The molecule has 72 valence electrons. The van der Waals surface area contributed by atoms with Crippen molar-refractivity contribution in [2.45, 2.75) is 32.2 Å². The van der Waals surface area contributed by atoms with Gasteiger partial charge < -0.3 is 9.88 Å². The Morgan fingerprint density at radius 3 is 2.69 bits per heavy atom. The van der Waals surface area contributed by atoms with Crippen molar-refractivity contribution < 1.29 is 0 Å². The molecule has 0 amide bonds. The molecule has 1 saturated carbocycles. The lowest BCUT2D eigenvalue weighted by Crippen LogP contribution is -2.34. The topological polar surface area (TPSA) is 29.9 Å². The summed E-state index contributed by atoms with van der Waals surface area (Å²) in [6.45, 7) is 4.50. The number of aryl methyl sites for hydroxylation is 1. The van der Waals surface area contributed by atoms with Crippen LogP contribution >= 0.6 is 0 Å². The fourth-order valence-corrected chi connectivity index (χ4v) is 1.68. The quantitative estimate of drug-likeness (QED) is 0.769. The zero-order valence-electron chi connectivity index (χ0n) is 8.54. The lowest BCUT2D eigenvalue weighted by molar-refractivity contribution is 0.488. The van der Waals surface area contributed by atoms with Gasteiger partial charge in [-0.05, 0) is 32.6 Å². The summed E-state index contributed by atoms with van der Waals surface area (Å²) in [5, 5.41) is 3.48. The van der Waals surface area contributed by atoms with E-state index in [0.717, 1.165) is 11.9 Å². The van der Waals surface area contributed by atoms with Gasteiger partial charge in [0.05, 0.1) is 0 Å². The molecular formula is C10H17N3. The average molecular weight is 179 g/mol. The summed E-state index contributed by atoms with van der Waals surface area (Å²) in [4.78, 5) is 4.26. The van der Waals surface area contributed by atoms with Gasteiger partial charge in [0.1, 0.15) is 0 Å². The van der Waals surface area contributed by atoms with Crippen molar-refractivity contribution in [2.24, 2.45) is 13.0 Å². The molecule has 0 spiro atoms. The second kappa shape index (κ2) is 2.76. The number of aromatic nitrogens is 2. The lowest BCUT2D eigenvalue weighted by Gasteiger charge is -2.26. The van der Waals surface area contributed by atoms with Gasteiger partial charge in [0, 0.05) is 25.0 Å². The van der Waals surface area contributed by atoms with Crippen molar-refractivity contribution in [3.05, 3.63) is 12.4 Å². The molecule has 0 aromatic carbocycles. The van der Waals surface area contributed by atoms with E-state index in [1.165, 1.54) is 12.8 Å². The van der Waals surface area contributed by atoms with Crippen molar-refractivity contribution >= 4 is 5.95 Å². The van der Waals surface area contributed by atoms with E-state index in [4.69, 9.17) is 0 Å². The van der Waals surface area contributed by atoms with Crippen LogP contribution in [0.5, 0.6) is 0 Å². The highest BCUT2D eigenvalue weighted by atomic mass is 15.2. The van der Waals surface area contributed by atoms with Crippen molar-refractivity contribution in [1.29, 1.82) is 0 Å². The number of nitrogens with one attached hydrogen (secondary N) is 1. The third-order valence-electron chi connectivity index (χ3n) is 2.85. The zero-order valence-corrected chi connectivity index (χ0v) is 8.54. The second-order valence-electron chi connectivity index (χ2n) is 4.48. The van der Waals surface area contributed by atoms with E-state index in [2.05, 4.69) is 24.1 Å². The Balaban J connectivity index is 2.08. The first-order chi connectivity index (χ1) is 6.09. The maximum atomic E-state index is 4.26. The summed E-state index contributed by atoms with van der Waals surface area (Å²) in [6.07, 6.45) is 6.49. The van der Waals surface area contributed by atoms with Crippen LogP contribution in [0.3, 0.4) is 0 Å². The van der Waals surface area contributed by atoms with Crippen LogP contribution in [-0.4, -0.2) is 15.1 Å². The number of nitrogens with zero attached hydrogens (tertiary/aromatic N) is 2. The largest absolute Gasteiger partial charge is 0.351 e. The molecule has 13 heavy (non-hydrogen) atoms. The molecule has 0 radical (unpaired) electrons. The Hall–Kier alpha value is -0.990. The van der Waals surface area contributed by atoms with Gasteiger partial charge in [0.2, 0.25) is 5.95 Å². The number of anilines is 1. The molecule has 0 saturated heterocycles. The molecule has 1 N–H and O–H groups in total. The molecule has 0 aliphatic heterocycles. The van der Waals surface area contributed by atoms with Gasteiger partial charge in [-0.2, -0.15) is 0 Å². The van der Waals surface area contributed by atoms with Crippen molar-refractivity contribution in [1.82, 2.24) is 9.55 Å². The lowest BCUT2D eigenvalue weighted by atomic mass is 9.99. The second-order valence-corrected chi connectivity index (χ2v) is 4.48. The SMILES string of the molecule is Cn1ccnc1NC(C)(C)C1CC1. The Morgan fingerprint density at radius 1 is 1.54 bits per heavy atom. The van der Waals surface area contributed by atoms with Gasteiger partial charge in [0.25, 0.3) is 0 Å². The molecule has 1 aromatic heterocycles. The molecule has 0 bridgehead atoms. The Labute approximate surface area is 79.2 Å². The number of hydrogen-bond donors (Lipinski definition) is 1. The standard InChI is InChI=1S/C10H17N3/c1-10(2,8-4-5-8)12-9-11-6-7-13(9)3/h6-8H,4-5H2,1-3H3,(H,11,12). The fourth-order valence-electron chi connectivity index (χ4n) is 1.68. The van der Waals surface area contributed by atoms with Crippen LogP contribution in [0.25, 0.3) is 0 Å². The molecular weight excluding hydrogens is 162 g/mol. The van der Waals surface area contributed by atoms with E-state index in [9.17, 15) is 0 Å². The molecule has 0 atom stereocenters. The van der Waals surface area contributed by atoms with E-state index in [1.807, 2.05) is 24.0 Å².